The monoisotopic (exact) mass is 377 g/mol. The van der Waals surface area contributed by atoms with Crippen LogP contribution >= 0.6 is 0 Å². The van der Waals surface area contributed by atoms with Crippen LogP contribution in [-0.2, 0) is 16.1 Å². The minimum atomic E-state index is -0.382. The Morgan fingerprint density at radius 2 is 1.96 bits per heavy atom. The first-order valence-corrected chi connectivity index (χ1v) is 9.30. The fourth-order valence-electron chi connectivity index (χ4n) is 3.45. The molecule has 2 aliphatic heterocycles. The van der Waals surface area contributed by atoms with E-state index >= 15 is 0 Å². The Kier molecular flexibility index (Phi) is 6.12. The van der Waals surface area contributed by atoms with Crippen molar-refractivity contribution >= 4 is 12.0 Å². The fourth-order valence-corrected chi connectivity index (χ4v) is 3.45. The maximum Gasteiger partial charge on any atom is 0.337 e. The number of urea groups is 1. The first kappa shape index (κ1) is 19.4. The summed E-state index contributed by atoms with van der Waals surface area (Å²) in [4.78, 5) is 28.7. The number of ether oxygens (including phenoxy) is 1. The van der Waals surface area contributed by atoms with Gasteiger partial charge in [-0.05, 0) is 20.8 Å². The van der Waals surface area contributed by atoms with Gasteiger partial charge in [-0.1, -0.05) is 5.16 Å². The van der Waals surface area contributed by atoms with Crippen LogP contribution in [0.3, 0.4) is 0 Å². The van der Waals surface area contributed by atoms with Gasteiger partial charge >= 0.3 is 12.0 Å². The van der Waals surface area contributed by atoms with Crippen LogP contribution < -0.4 is 10.6 Å². The molecule has 3 rings (SSSR count). The number of amides is 2. The molecule has 1 saturated heterocycles. The Hall–Kier alpha value is -2.39. The number of carbonyl (C=O) groups excluding carboxylic acids is 2. The molecule has 148 valence electrons. The second kappa shape index (κ2) is 8.53. The van der Waals surface area contributed by atoms with E-state index < -0.39 is 0 Å². The number of hydrogen-bond acceptors (Lipinski definition) is 7. The lowest BCUT2D eigenvalue weighted by Crippen LogP contribution is -2.53. The Bertz CT molecular complexity index is 721. The predicted octanol–water partition coefficient (Wildman–Crippen LogP) is 0.619. The van der Waals surface area contributed by atoms with Crippen molar-refractivity contribution in [2.24, 2.45) is 0 Å². The van der Waals surface area contributed by atoms with Crippen LogP contribution in [-0.4, -0.2) is 72.3 Å². The minimum Gasteiger partial charge on any atom is -0.463 e. The van der Waals surface area contributed by atoms with Gasteiger partial charge in [-0.25, -0.2) is 9.59 Å². The SMILES string of the molecule is CCOC(=O)C1=C(CN2CCN(Cc3cc(C)on3)CC2)NC(=O)NC1C. The molecule has 27 heavy (non-hydrogen) atoms. The van der Waals surface area contributed by atoms with Crippen LogP contribution in [0.15, 0.2) is 21.9 Å². The number of aryl methyl sites for hydroxylation is 1. The van der Waals surface area contributed by atoms with E-state index in [9.17, 15) is 9.59 Å². The molecule has 0 bridgehead atoms. The van der Waals surface area contributed by atoms with E-state index in [0.29, 0.717) is 24.4 Å². The summed E-state index contributed by atoms with van der Waals surface area (Å²) in [6.45, 7) is 10.5. The van der Waals surface area contributed by atoms with E-state index in [1.165, 1.54) is 0 Å². The van der Waals surface area contributed by atoms with Gasteiger partial charge in [0.15, 0.2) is 0 Å². The summed E-state index contributed by atoms with van der Waals surface area (Å²) in [6, 6.07) is 1.30. The number of nitrogens with zero attached hydrogens (tertiary/aromatic N) is 3. The Morgan fingerprint density at radius 3 is 2.56 bits per heavy atom. The van der Waals surface area contributed by atoms with Crippen molar-refractivity contribution in [3.63, 3.8) is 0 Å². The van der Waals surface area contributed by atoms with Crippen LogP contribution in [0, 0.1) is 6.92 Å². The lowest BCUT2D eigenvalue weighted by Gasteiger charge is -2.36. The standard InChI is InChI=1S/C18H27N5O4/c1-4-26-17(24)16-13(3)19-18(25)20-15(16)11-23-7-5-22(6-8-23)10-14-9-12(2)27-21-14/h9,13H,4-8,10-11H2,1-3H3,(H2,19,20,25). The number of carbonyl (C=O) groups is 2. The zero-order chi connectivity index (χ0) is 19.4. The Balaban J connectivity index is 1.60. The van der Waals surface area contributed by atoms with Gasteiger partial charge in [-0.15, -0.1) is 0 Å². The highest BCUT2D eigenvalue weighted by atomic mass is 16.5. The maximum absolute atomic E-state index is 12.3. The molecule has 1 unspecified atom stereocenters. The zero-order valence-corrected chi connectivity index (χ0v) is 16.1. The van der Waals surface area contributed by atoms with Crippen molar-refractivity contribution in [2.45, 2.75) is 33.4 Å². The van der Waals surface area contributed by atoms with Gasteiger partial charge in [0.1, 0.15) is 5.76 Å². The third-order valence-corrected chi connectivity index (χ3v) is 4.77. The van der Waals surface area contributed by atoms with Gasteiger partial charge in [-0.2, -0.15) is 0 Å². The third-order valence-electron chi connectivity index (χ3n) is 4.77. The smallest absolute Gasteiger partial charge is 0.337 e. The molecule has 9 heteroatoms. The van der Waals surface area contributed by atoms with E-state index in [1.54, 1.807) is 13.8 Å². The quantitative estimate of drug-likeness (QED) is 0.701. The number of piperazine rings is 1. The fraction of sp³-hybridized carbons (Fsp3) is 0.611. The molecule has 1 aromatic heterocycles. The molecular formula is C18H27N5O4. The molecule has 3 heterocycles. The molecule has 1 atom stereocenters. The zero-order valence-electron chi connectivity index (χ0n) is 16.1. The summed E-state index contributed by atoms with van der Waals surface area (Å²) >= 11 is 0. The molecule has 0 spiro atoms. The van der Waals surface area contributed by atoms with E-state index in [1.807, 2.05) is 13.0 Å². The molecule has 2 aliphatic rings. The Morgan fingerprint density at radius 1 is 1.30 bits per heavy atom. The largest absolute Gasteiger partial charge is 0.463 e. The average molecular weight is 377 g/mol. The predicted molar refractivity (Wildman–Crippen MR) is 97.7 cm³/mol. The summed E-state index contributed by atoms with van der Waals surface area (Å²) in [7, 11) is 0. The minimum absolute atomic E-state index is 0.286. The molecule has 1 aromatic rings. The van der Waals surface area contributed by atoms with Crippen LogP contribution in [0.2, 0.25) is 0 Å². The van der Waals surface area contributed by atoms with Crippen molar-refractivity contribution in [3.05, 3.63) is 28.8 Å². The molecule has 2 N–H and O–H groups in total. The van der Waals surface area contributed by atoms with Gasteiger partial charge < -0.3 is 19.9 Å². The molecule has 0 saturated carbocycles. The molecule has 0 radical (unpaired) electrons. The van der Waals surface area contributed by atoms with Gasteiger partial charge in [0.2, 0.25) is 0 Å². The Labute approximate surface area is 158 Å². The third kappa shape index (κ3) is 4.86. The summed E-state index contributed by atoms with van der Waals surface area (Å²) in [5.74, 6) is 0.436. The number of aromatic nitrogens is 1. The number of rotatable bonds is 6. The number of hydrogen-bond donors (Lipinski definition) is 2. The van der Waals surface area contributed by atoms with Gasteiger partial charge in [0.25, 0.3) is 0 Å². The van der Waals surface area contributed by atoms with Gasteiger partial charge in [0.05, 0.1) is 23.9 Å². The number of esters is 1. The van der Waals surface area contributed by atoms with E-state index in [2.05, 4.69) is 25.6 Å². The maximum atomic E-state index is 12.3. The first-order chi connectivity index (χ1) is 13.0. The molecule has 0 aliphatic carbocycles. The highest BCUT2D eigenvalue weighted by molar-refractivity contribution is 5.94. The average Bonchev–Trinajstić information content (AvgIpc) is 3.01. The molecule has 9 nitrogen and oxygen atoms in total. The highest BCUT2D eigenvalue weighted by Gasteiger charge is 2.31. The summed E-state index contributed by atoms with van der Waals surface area (Å²) in [6.07, 6.45) is 0. The second-order valence-electron chi connectivity index (χ2n) is 6.91. The summed E-state index contributed by atoms with van der Waals surface area (Å²) < 4.78 is 10.3. The normalized spacial score (nSPS) is 21.7. The van der Waals surface area contributed by atoms with Crippen molar-refractivity contribution in [1.82, 2.24) is 25.6 Å². The highest BCUT2D eigenvalue weighted by Crippen LogP contribution is 2.17. The van der Waals surface area contributed by atoms with Crippen LogP contribution in [0.4, 0.5) is 4.79 Å². The first-order valence-electron chi connectivity index (χ1n) is 9.30. The number of nitrogens with one attached hydrogen (secondary N) is 2. The molecule has 2 amide bonds. The van der Waals surface area contributed by atoms with Crippen molar-refractivity contribution in [1.29, 1.82) is 0 Å². The summed E-state index contributed by atoms with van der Waals surface area (Å²) in [5.41, 5.74) is 2.06. The van der Waals surface area contributed by atoms with Crippen molar-refractivity contribution in [3.8, 4) is 0 Å². The lowest BCUT2D eigenvalue weighted by atomic mass is 10.0. The molecular weight excluding hydrogens is 350 g/mol. The van der Waals surface area contributed by atoms with E-state index in [-0.39, 0.29) is 18.0 Å². The van der Waals surface area contributed by atoms with E-state index in [0.717, 1.165) is 44.2 Å². The topological polar surface area (TPSA) is 99.9 Å². The molecule has 1 fully saturated rings. The summed E-state index contributed by atoms with van der Waals surface area (Å²) in [5, 5.41) is 9.55. The van der Waals surface area contributed by atoms with Crippen molar-refractivity contribution < 1.29 is 18.8 Å². The van der Waals surface area contributed by atoms with Gasteiger partial charge in [0, 0.05) is 51.0 Å². The van der Waals surface area contributed by atoms with Crippen LogP contribution in [0.5, 0.6) is 0 Å². The van der Waals surface area contributed by atoms with Crippen LogP contribution in [0.1, 0.15) is 25.3 Å². The van der Waals surface area contributed by atoms with E-state index in [4.69, 9.17) is 9.26 Å². The van der Waals surface area contributed by atoms with Gasteiger partial charge in [-0.3, -0.25) is 9.80 Å². The molecule has 0 aromatic carbocycles. The van der Waals surface area contributed by atoms with Crippen LogP contribution in [0.25, 0.3) is 0 Å². The second-order valence-corrected chi connectivity index (χ2v) is 6.91. The lowest BCUT2D eigenvalue weighted by molar-refractivity contribution is -0.139. The van der Waals surface area contributed by atoms with Crippen molar-refractivity contribution in [2.75, 3.05) is 39.3 Å².